The first-order chi connectivity index (χ1) is 12.1. The maximum absolute atomic E-state index is 12.3. The van der Waals surface area contributed by atoms with Crippen LogP contribution in [0.15, 0.2) is 24.3 Å². The van der Waals surface area contributed by atoms with Crippen molar-refractivity contribution in [1.82, 2.24) is 15.1 Å². The molecule has 6 heteroatoms. The summed E-state index contributed by atoms with van der Waals surface area (Å²) in [6.07, 6.45) is 2.31. The smallest absolute Gasteiger partial charge is 0.251 e. The predicted molar refractivity (Wildman–Crippen MR) is 94.0 cm³/mol. The predicted octanol–water partition coefficient (Wildman–Crippen LogP) is 1.20. The number of benzene rings is 1. The van der Waals surface area contributed by atoms with Crippen molar-refractivity contribution in [3.63, 3.8) is 0 Å². The van der Waals surface area contributed by atoms with Crippen LogP contribution in [0.3, 0.4) is 0 Å². The average molecular weight is 343 g/mol. The number of rotatable bonds is 5. The molecular formula is C19H25N3O3. The second-order valence-corrected chi connectivity index (χ2v) is 6.80. The maximum atomic E-state index is 12.3. The highest BCUT2D eigenvalue weighted by molar-refractivity contribution is 5.95. The van der Waals surface area contributed by atoms with Crippen molar-refractivity contribution in [2.24, 2.45) is 5.92 Å². The van der Waals surface area contributed by atoms with Crippen LogP contribution in [0.4, 0.5) is 0 Å². The molecule has 1 aromatic rings. The van der Waals surface area contributed by atoms with Crippen LogP contribution >= 0.6 is 0 Å². The monoisotopic (exact) mass is 343 g/mol. The van der Waals surface area contributed by atoms with E-state index in [0.29, 0.717) is 38.3 Å². The lowest BCUT2D eigenvalue weighted by molar-refractivity contribution is -0.140. The molecule has 1 N–H and O–H groups in total. The molecule has 1 saturated heterocycles. The largest absolute Gasteiger partial charge is 0.352 e. The number of hydrogen-bond donors (Lipinski definition) is 1. The average Bonchev–Trinajstić information content (AvgIpc) is 3.46. The van der Waals surface area contributed by atoms with Gasteiger partial charge >= 0.3 is 0 Å². The minimum atomic E-state index is -0.147. The SMILES string of the molecule is Cc1ccccc1C(=O)NCCC(=O)N1CCN(C(=O)C2CC2)CC1. The molecule has 0 unspecified atom stereocenters. The second-order valence-electron chi connectivity index (χ2n) is 6.80. The van der Waals surface area contributed by atoms with Crippen LogP contribution < -0.4 is 5.32 Å². The van der Waals surface area contributed by atoms with Crippen LogP contribution in [0.5, 0.6) is 0 Å². The molecule has 1 saturated carbocycles. The van der Waals surface area contributed by atoms with Crippen LogP contribution in [-0.4, -0.2) is 60.2 Å². The molecule has 25 heavy (non-hydrogen) atoms. The normalized spacial score (nSPS) is 17.3. The topological polar surface area (TPSA) is 69.7 Å². The van der Waals surface area contributed by atoms with E-state index in [2.05, 4.69) is 5.32 Å². The van der Waals surface area contributed by atoms with Gasteiger partial charge in [-0.25, -0.2) is 0 Å². The minimum absolute atomic E-state index is 0.0311. The summed E-state index contributed by atoms with van der Waals surface area (Å²) in [5.41, 5.74) is 1.56. The fraction of sp³-hybridized carbons (Fsp3) is 0.526. The van der Waals surface area contributed by atoms with Crippen LogP contribution in [0.25, 0.3) is 0 Å². The third-order valence-corrected chi connectivity index (χ3v) is 4.88. The number of nitrogens with zero attached hydrogens (tertiary/aromatic N) is 2. The fourth-order valence-electron chi connectivity index (χ4n) is 3.13. The third kappa shape index (κ3) is 4.38. The maximum Gasteiger partial charge on any atom is 0.251 e. The van der Waals surface area contributed by atoms with E-state index >= 15 is 0 Å². The lowest BCUT2D eigenvalue weighted by atomic mass is 10.1. The number of amides is 3. The van der Waals surface area contributed by atoms with Crippen LogP contribution in [0, 0.1) is 12.8 Å². The standard InChI is InChI=1S/C19H25N3O3/c1-14-4-2-3-5-16(14)18(24)20-9-8-17(23)21-10-12-22(13-11-21)19(25)15-6-7-15/h2-5,15H,6-13H2,1H3,(H,20,24). The van der Waals surface area contributed by atoms with Crippen molar-refractivity contribution in [1.29, 1.82) is 0 Å². The fourth-order valence-corrected chi connectivity index (χ4v) is 3.13. The highest BCUT2D eigenvalue weighted by Crippen LogP contribution is 2.31. The second kappa shape index (κ2) is 7.68. The van der Waals surface area contributed by atoms with Gasteiger partial charge < -0.3 is 15.1 Å². The van der Waals surface area contributed by atoms with E-state index in [1.807, 2.05) is 30.0 Å². The lowest BCUT2D eigenvalue weighted by Crippen LogP contribution is -2.51. The lowest BCUT2D eigenvalue weighted by Gasteiger charge is -2.35. The molecule has 2 aliphatic rings. The first kappa shape index (κ1) is 17.5. The summed E-state index contributed by atoms with van der Waals surface area (Å²) < 4.78 is 0. The van der Waals surface area contributed by atoms with Gasteiger partial charge in [-0.15, -0.1) is 0 Å². The molecule has 1 heterocycles. The highest BCUT2D eigenvalue weighted by Gasteiger charge is 2.35. The zero-order chi connectivity index (χ0) is 17.8. The van der Waals surface area contributed by atoms with Crippen LogP contribution in [0.1, 0.15) is 35.2 Å². The molecule has 0 bridgehead atoms. The van der Waals surface area contributed by atoms with E-state index in [4.69, 9.17) is 0 Å². The zero-order valence-electron chi connectivity index (χ0n) is 14.7. The summed E-state index contributed by atoms with van der Waals surface area (Å²) >= 11 is 0. The van der Waals surface area contributed by atoms with Crippen molar-refractivity contribution >= 4 is 17.7 Å². The first-order valence-corrected chi connectivity index (χ1v) is 8.96. The van der Waals surface area contributed by atoms with Gasteiger partial charge in [0.2, 0.25) is 11.8 Å². The van der Waals surface area contributed by atoms with Gasteiger partial charge in [0.1, 0.15) is 0 Å². The Morgan fingerprint density at radius 2 is 1.68 bits per heavy atom. The highest BCUT2D eigenvalue weighted by atomic mass is 16.2. The van der Waals surface area contributed by atoms with E-state index in [0.717, 1.165) is 18.4 Å². The molecule has 1 aliphatic heterocycles. The Morgan fingerprint density at radius 1 is 1.04 bits per heavy atom. The zero-order valence-corrected chi connectivity index (χ0v) is 14.7. The number of hydrogen-bond acceptors (Lipinski definition) is 3. The Morgan fingerprint density at radius 3 is 2.32 bits per heavy atom. The van der Waals surface area contributed by atoms with E-state index in [1.165, 1.54) is 0 Å². The van der Waals surface area contributed by atoms with Gasteiger partial charge in [-0.05, 0) is 31.4 Å². The Bertz CT molecular complexity index is 662. The van der Waals surface area contributed by atoms with Crippen molar-refractivity contribution in [2.45, 2.75) is 26.2 Å². The van der Waals surface area contributed by atoms with E-state index in [1.54, 1.807) is 11.0 Å². The summed E-state index contributed by atoms with van der Waals surface area (Å²) in [5, 5.41) is 2.81. The van der Waals surface area contributed by atoms with Crippen molar-refractivity contribution in [3.8, 4) is 0 Å². The summed E-state index contributed by atoms with van der Waals surface area (Å²) in [4.78, 5) is 40.1. The van der Waals surface area contributed by atoms with Gasteiger partial charge in [-0.2, -0.15) is 0 Å². The molecule has 1 aliphatic carbocycles. The van der Waals surface area contributed by atoms with Gasteiger partial charge in [0, 0.05) is 50.6 Å². The Labute approximate surface area is 148 Å². The van der Waals surface area contributed by atoms with Crippen molar-refractivity contribution in [3.05, 3.63) is 35.4 Å². The third-order valence-electron chi connectivity index (χ3n) is 4.88. The van der Waals surface area contributed by atoms with Gasteiger partial charge in [0.05, 0.1) is 0 Å². The van der Waals surface area contributed by atoms with E-state index in [-0.39, 0.29) is 30.1 Å². The number of piperazine rings is 1. The minimum Gasteiger partial charge on any atom is -0.352 e. The molecule has 2 fully saturated rings. The summed E-state index contributed by atoms with van der Waals surface area (Å²) in [7, 11) is 0. The van der Waals surface area contributed by atoms with Crippen LogP contribution in [0.2, 0.25) is 0 Å². The molecule has 6 nitrogen and oxygen atoms in total. The number of carbonyl (C=O) groups is 3. The molecule has 0 atom stereocenters. The summed E-state index contributed by atoms with van der Waals surface area (Å²) in [5.74, 6) is 0.367. The van der Waals surface area contributed by atoms with Gasteiger partial charge in [0.25, 0.3) is 5.91 Å². The van der Waals surface area contributed by atoms with Gasteiger partial charge in [0.15, 0.2) is 0 Å². The molecule has 134 valence electrons. The Hall–Kier alpha value is -2.37. The number of nitrogens with one attached hydrogen (secondary N) is 1. The van der Waals surface area contributed by atoms with E-state index in [9.17, 15) is 14.4 Å². The molecular weight excluding hydrogens is 318 g/mol. The molecule has 3 amide bonds. The summed E-state index contributed by atoms with van der Waals surface area (Å²) in [6, 6.07) is 7.39. The van der Waals surface area contributed by atoms with Gasteiger partial charge in [-0.3, -0.25) is 14.4 Å². The van der Waals surface area contributed by atoms with Gasteiger partial charge in [-0.1, -0.05) is 18.2 Å². The quantitative estimate of drug-likeness (QED) is 0.873. The van der Waals surface area contributed by atoms with E-state index < -0.39 is 0 Å². The molecule has 1 aromatic carbocycles. The number of carbonyl (C=O) groups excluding carboxylic acids is 3. The number of aryl methyl sites for hydroxylation is 1. The molecule has 0 spiro atoms. The van der Waals surface area contributed by atoms with Crippen LogP contribution in [-0.2, 0) is 9.59 Å². The van der Waals surface area contributed by atoms with Crippen molar-refractivity contribution < 1.29 is 14.4 Å². The molecule has 3 rings (SSSR count). The Kier molecular flexibility index (Phi) is 5.36. The Balaban J connectivity index is 1.39. The van der Waals surface area contributed by atoms with Crippen molar-refractivity contribution in [2.75, 3.05) is 32.7 Å². The molecule has 0 radical (unpaired) electrons. The molecule has 0 aromatic heterocycles. The first-order valence-electron chi connectivity index (χ1n) is 8.96. The summed E-state index contributed by atoms with van der Waals surface area (Å²) in [6.45, 7) is 4.63.